The molecule has 2 aromatic rings. The number of rotatable bonds is 5. The van der Waals surface area contributed by atoms with Gasteiger partial charge in [-0.25, -0.2) is 0 Å². The van der Waals surface area contributed by atoms with Crippen molar-refractivity contribution in [2.75, 3.05) is 6.54 Å². The van der Waals surface area contributed by atoms with E-state index >= 15 is 0 Å². The Kier molecular flexibility index (Phi) is 4.73. The number of alkyl halides is 3. The quantitative estimate of drug-likeness (QED) is 0.884. The number of carbonyl (C=O) groups is 2. The number of amides is 2. The molecule has 0 aliphatic rings. The lowest BCUT2D eigenvalue weighted by Crippen LogP contribution is -2.25. The van der Waals surface area contributed by atoms with Crippen molar-refractivity contribution in [3.05, 3.63) is 59.0 Å². The van der Waals surface area contributed by atoms with Gasteiger partial charge in [0.15, 0.2) is 5.76 Å². The summed E-state index contributed by atoms with van der Waals surface area (Å²) in [6.45, 7) is 0.205. The third-order valence-corrected chi connectivity index (χ3v) is 3.09. The van der Waals surface area contributed by atoms with E-state index in [0.29, 0.717) is 12.0 Å². The molecule has 0 bridgehead atoms. The smallest absolute Gasteiger partial charge is 0.416 e. The molecule has 0 aliphatic heterocycles. The number of furan rings is 1. The van der Waals surface area contributed by atoms with Gasteiger partial charge in [-0.05, 0) is 24.1 Å². The molecule has 1 aromatic carbocycles. The number of nitrogens with two attached hydrogens (primary N) is 1. The van der Waals surface area contributed by atoms with Crippen LogP contribution < -0.4 is 11.1 Å². The minimum atomic E-state index is -4.37. The van der Waals surface area contributed by atoms with Crippen molar-refractivity contribution in [2.24, 2.45) is 5.73 Å². The van der Waals surface area contributed by atoms with Crippen molar-refractivity contribution in [1.29, 1.82) is 0 Å². The largest absolute Gasteiger partial charge is 0.458 e. The second kappa shape index (κ2) is 6.55. The molecule has 0 atom stereocenters. The van der Waals surface area contributed by atoms with Gasteiger partial charge in [-0.3, -0.25) is 9.59 Å². The topological polar surface area (TPSA) is 85.3 Å². The van der Waals surface area contributed by atoms with Crippen LogP contribution in [0.2, 0.25) is 0 Å². The maximum Gasteiger partial charge on any atom is 0.416 e. The molecular formula is C15H13F3N2O3. The number of primary amides is 1. The van der Waals surface area contributed by atoms with Crippen LogP contribution in [0.1, 0.15) is 32.0 Å². The summed E-state index contributed by atoms with van der Waals surface area (Å²) < 4.78 is 42.2. The minimum absolute atomic E-state index is 0.0637. The Morgan fingerprint density at radius 2 is 1.83 bits per heavy atom. The molecule has 1 heterocycles. The van der Waals surface area contributed by atoms with Crippen LogP contribution in [-0.2, 0) is 12.6 Å². The second-order valence-electron chi connectivity index (χ2n) is 4.76. The molecule has 0 unspecified atom stereocenters. The van der Waals surface area contributed by atoms with E-state index in [1.165, 1.54) is 18.2 Å². The Balaban J connectivity index is 1.86. The number of nitrogens with one attached hydrogen (secondary N) is 1. The summed E-state index contributed by atoms with van der Waals surface area (Å²) in [6, 6.07) is 5.90. The maximum atomic E-state index is 12.4. The molecule has 1 aromatic heterocycles. The molecule has 0 saturated heterocycles. The summed E-state index contributed by atoms with van der Waals surface area (Å²) in [4.78, 5) is 22.6. The standard InChI is InChI=1S/C15H13F3N2O3/c16-15(17,18)11-3-1-9(2-4-11)5-6-20-14(22)12-7-10(8-23-12)13(19)21/h1-4,7-8H,5-6H2,(H2,19,21)(H,20,22). The normalized spacial score (nSPS) is 11.3. The summed E-state index contributed by atoms with van der Waals surface area (Å²) >= 11 is 0. The molecule has 122 valence electrons. The zero-order valence-corrected chi connectivity index (χ0v) is 11.8. The molecule has 5 nitrogen and oxygen atoms in total. The van der Waals surface area contributed by atoms with Gasteiger partial charge in [-0.15, -0.1) is 0 Å². The zero-order chi connectivity index (χ0) is 17.0. The van der Waals surface area contributed by atoms with Crippen molar-refractivity contribution < 1.29 is 27.2 Å². The molecule has 8 heteroatoms. The number of carbonyl (C=O) groups excluding carboxylic acids is 2. The van der Waals surface area contributed by atoms with Gasteiger partial charge in [0.1, 0.15) is 6.26 Å². The van der Waals surface area contributed by atoms with E-state index in [1.54, 1.807) is 0 Å². The molecule has 2 rings (SSSR count). The Labute approximate surface area is 129 Å². The first-order valence-corrected chi connectivity index (χ1v) is 6.60. The van der Waals surface area contributed by atoms with Gasteiger partial charge in [0.2, 0.25) is 0 Å². The van der Waals surface area contributed by atoms with Crippen molar-refractivity contribution in [1.82, 2.24) is 5.32 Å². The number of hydrogen-bond donors (Lipinski definition) is 2. The number of hydrogen-bond acceptors (Lipinski definition) is 3. The highest BCUT2D eigenvalue weighted by Gasteiger charge is 2.29. The molecule has 0 spiro atoms. The van der Waals surface area contributed by atoms with Gasteiger partial charge < -0.3 is 15.5 Å². The van der Waals surface area contributed by atoms with Gasteiger partial charge in [0, 0.05) is 12.6 Å². The highest BCUT2D eigenvalue weighted by atomic mass is 19.4. The molecule has 0 aliphatic carbocycles. The first-order chi connectivity index (χ1) is 10.8. The maximum absolute atomic E-state index is 12.4. The van der Waals surface area contributed by atoms with E-state index in [-0.39, 0.29) is 17.9 Å². The highest BCUT2D eigenvalue weighted by molar-refractivity contribution is 5.97. The predicted octanol–water partition coefficient (Wildman–Crippen LogP) is 2.37. The summed E-state index contributed by atoms with van der Waals surface area (Å²) in [5, 5.41) is 2.54. The van der Waals surface area contributed by atoms with Gasteiger partial charge >= 0.3 is 6.18 Å². The molecule has 0 fully saturated rings. The van der Waals surface area contributed by atoms with Crippen LogP contribution in [-0.4, -0.2) is 18.4 Å². The summed E-state index contributed by atoms with van der Waals surface area (Å²) in [5.74, 6) is -1.31. The Hall–Kier alpha value is -2.77. The number of benzene rings is 1. The predicted molar refractivity (Wildman–Crippen MR) is 74.7 cm³/mol. The highest BCUT2D eigenvalue weighted by Crippen LogP contribution is 2.29. The fraction of sp³-hybridized carbons (Fsp3) is 0.200. The van der Waals surface area contributed by atoms with Crippen LogP contribution in [0.5, 0.6) is 0 Å². The monoisotopic (exact) mass is 326 g/mol. The minimum Gasteiger partial charge on any atom is -0.458 e. The lowest BCUT2D eigenvalue weighted by molar-refractivity contribution is -0.137. The fourth-order valence-electron chi connectivity index (χ4n) is 1.85. The Bertz CT molecular complexity index is 706. The SMILES string of the molecule is NC(=O)c1coc(C(=O)NCCc2ccc(C(F)(F)F)cc2)c1. The van der Waals surface area contributed by atoms with Gasteiger partial charge in [0.25, 0.3) is 11.8 Å². The fourth-order valence-corrected chi connectivity index (χ4v) is 1.85. The summed E-state index contributed by atoms with van der Waals surface area (Å²) in [6.07, 6.45) is -2.94. The zero-order valence-electron chi connectivity index (χ0n) is 11.8. The van der Waals surface area contributed by atoms with Crippen LogP contribution in [0.3, 0.4) is 0 Å². The third kappa shape index (κ3) is 4.35. The molecule has 23 heavy (non-hydrogen) atoms. The number of halogens is 3. The van der Waals surface area contributed by atoms with Gasteiger partial charge in [-0.1, -0.05) is 12.1 Å². The van der Waals surface area contributed by atoms with E-state index < -0.39 is 23.6 Å². The van der Waals surface area contributed by atoms with Gasteiger partial charge in [-0.2, -0.15) is 13.2 Å². The first-order valence-electron chi connectivity index (χ1n) is 6.60. The van der Waals surface area contributed by atoms with Gasteiger partial charge in [0.05, 0.1) is 11.1 Å². The van der Waals surface area contributed by atoms with E-state index in [9.17, 15) is 22.8 Å². The molecule has 0 saturated carbocycles. The third-order valence-electron chi connectivity index (χ3n) is 3.09. The average Bonchev–Trinajstić information content (AvgIpc) is 2.97. The molecule has 0 radical (unpaired) electrons. The van der Waals surface area contributed by atoms with Crippen LogP contribution in [0, 0.1) is 0 Å². The van der Waals surface area contributed by atoms with Crippen LogP contribution in [0.15, 0.2) is 41.0 Å². The molecule has 2 amide bonds. The summed E-state index contributed by atoms with van der Waals surface area (Å²) in [5.41, 5.74) is 5.04. The second-order valence-corrected chi connectivity index (χ2v) is 4.76. The Morgan fingerprint density at radius 1 is 1.17 bits per heavy atom. The van der Waals surface area contributed by atoms with E-state index in [2.05, 4.69) is 5.32 Å². The van der Waals surface area contributed by atoms with E-state index in [4.69, 9.17) is 10.2 Å². The lowest BCUT2D eigenvalue weighted by Gasteiger charge is -2.08. The van der Waals surface area contributed by atoms with Crippen LogP contribution in [0.4, 0.5) is 13.2 Å². The van der Waals surface area contributed by atoms with E-state index in [0.717, 1.165) is 18.4 Å². The Morgan fingerprint density at radius 3 is 2.35 bits per heavy atom. The first kappa shape index (κ1) is 16.6. The molecular weight excluding hydrogens is 313 g/mol. The van der Waals surface area contributed by atoms with Crippen molar-refractivity contribution in [3.63, 3.8) is 0 Å². The van der Waals surface area contributed by atoms with Crippen LogP contribution >= 0.6 is 0 Å². The van der Waals surface area contributed by atoms with Crippen LogP contribution in [0.25, 0.3) is 0 Å². The average molecular weight is 326 g/mol. The lowest BCUT2D eigenvalue weighted by atomic mass is 10.1. The van der Waals surface area contributed by atoms with Crippen molar-refractivity contribution in [2.45, 2.75) is 12.6 Å². The molecule has 3 N–H and O–H groups in total. The summed E-state index contributed by atoms with van der Waals surface area (Å²) in [7, 11) is 0. The van der Waals surface area contributed by atoms with Crippen molar-refractivity contribution >= 4 is 11.8 Å². The van der Waals surface area contributed by atoms with Crippen molar-refractivity contribution in [3.8, 4) is 0 Å². The van der Waals surface area contributed by atoms with E-state index in [1.807, 2.05) is 0 Å².